The van der Waals surface area contributed by atoms with Gasteiger partial charge < -0.3 is 10.7 Å². The van der Waals surface area contributed by atoms with Crippen molar-refractivity contribution in [3.63, 3.8) is 0 Å². The van der Waals surface area contributed by atoms with Crippen molar-refractivity contribution in [2.24, 2.45) is 5.73 Å². The third-order valence-corrected chi connectivity index (χ3v) is 2.09. The molecule has 2 nitrogen and oxygen atoms in total. The van der Waals surface area contributed by atoms with E-state index in [-0.39, 0.29) is 10.9 Å². The Balaban J connectivity index is 2.56. The molecular weight excluding hydrogens is 205 g/mol. The number of H-pyrrole nitrogens is 1. The van der Waals surface area contributed by atoms with Gasteiger partial charge in [0.2, 0.25) is 0 Å². The Bertz CT molecular complexity index is 543. The van der Waals surface area contributed by atoms with E-state index in [0.717, 1.165) is 6.07 Å². The number of hydrogen-bond acceptors (Lipinski definition) is 1. The molecule has 2 rings (SSSR count). The minimum Gasteiger partial charge on any atom is -0.351 e. The van der Waals surface area contributed by atoms with Crippen LogP contribution in [0.4, 0.5) is 13.2 Å². The van der Waals surface area contributed by atoms with Crippen molar-refractivity contribution < 1.29 is 15.9 Å². The second-order valence-electron chi connectivity index (χ2n) is 3.13. The van der Waals surface area contributed by atoms with E-state index in [4.69, 9.17) is 8.48 Å². The fourth-order valence-corrected chi connectivity index (χ4v) is 1.38. The molecular formula is C10H9F3N2. The summed E-state index contributed by atoms with van der Waals surface area (Å²) in [6.07, 6.45) is -4.44. The van der Waals surface area contributed by atoms with E-state index < -0.39 is 18.4 Å². The fraction of sp³-hybridized carbons (Fsp3) is 0.200. The number of alkyl halides is 3. The average Bonchev–Trinajstić information content (AvgIpc) is 2.57. The maximum atomic E-state index is 12.4. The van der Waals surface area contributed by atoms with Gasteiger partial charge in [-0.15, -0.1) is 0 Å². The number of rotatable bonds is 1. The lowest BCUT2D eigenvalue weighted by Crippen LogP contribution is -2.04. The zero-order valence-corrected chi connectivity index (χ0v) is 7.52. The van der Waals surface area contributed by atoms with E-state index in [2.05, 4.69) is 4.98 Å². The van der Waals surface area contributed by atoms with Crippen LogP contribution in [0, 0.1) is 0 Å². The molecule has 0 aliphatic carbocycles. The topological polar surface area (TPSA) is 41.8 Å². The van der Waals surface area contributed by atoms with E-state index in [1.54, 1.807) is 0 Å². The van der Waals surface area contributed by atoms with Crippen LogP contribution in [0.15, 0.2) is 24.3 Å². The van der Waals surface area contributed by atoms with Gasteiger partial charge in [-0.2, -0.15) is 13.2 Å². The monoisotopic (exact) mass is 216 g/mol. The van der Waals surface area contributed by atoms with Crippen LogP contribution >= 0.6 is 0 Å². The Morgan fingerprint density at radius 3 is 2.67 bits per heavy atom. The Kier molecular flexibility index (Phi) is 1.69. The van der Waals surface area contributed by atoms with Crippen molar-refractivity contribution in [3.05, 3.63) is 35.5 Å². The third kappa shape index (κ3) is 1.83. The summed E-state index contributed by atoms with van der Waals surface area (Å²) in [6, 6.07) is 4.98. The van der Waals surface area contributed by atoms with Gasteiger partial charge in [0.1, 0.15) is 5.69 Å². The normalized spacial score (nSPS) is 15.2. The molecule has 1 heterocycles. The number of benzene rings is 1. The molecule has 15 heavy (non-hydrogen) atoms. The Labute approximate surface area is 86.7 Å². The van der Waals surface area contributed by atoms with Gasteiger partial charge in [0.25, 0.3) is 0 Å². The van der Waals surface area contributed by atoms with Crippen LogP contribution in [-0.2, 0) is 12.7 Å². The maximum Gasteiger partial charge on any atom is 0.431 e. The highest BCUT2D eigenvalue weighted by molar-refractivity contribution is 5.81. The van der Waals surface area contributed by atoms with Gasteiger partial charge in [0.05, 0.1) is 0 Å². The van der Waals surface area contributed by atoms with Crippen molar-refractivity contribution in [2.45, 2.75) is 12.7 Å². The summed E-state index contributed by atoms with van der Waals surface area (Å²) in [5, 5.41) is 0.282. The molecule has 0 unspecified atom stereocenters. The van der Waals surface area contributed by atoms with Gasteiger partial charge in [-0.3, -0.25) is 0 Å². The first-order valence-corrected chi connectivity index (χ1v) is 4.17. The fourth-order valence-electron chi connectivity index (χ4n) is 1.38. The van der Waals surface area contributed by atoms with Crippen molar-refractivity contribution in [2.75, 3.05) is 0 Å². The number of nitrogens with two attached hydrogens (primary N) is 1. The Morgan fingerprint density at radius 1 is 1.33 bits per heavy atom. The van der Waals surface area contributed by atoms with Gasteiger partial charge in [-0.25, -0.2) is 0 Å². The molecule has 0 bridgehead atoms. The Hall–Kier alpha value is -1.49. The number of aromatic amines is 1. The molecule has 0 atom stereocenters. The van der Waals surface area contributed by atoms with Gasteiger partial charge >= 0.3 is 6.18 Å². The lowest BCUT2D eigenvalue weighted by Gasteiger charge is -2.00. The molecule has 0 saturated heterocycles. The molecule has 3 N–H and O–H groups in total. The molecule has 1 aromatic heterocycles. The minimum absolute atomic E-state index is 0.137. The summed E-state index contributed by atoms with van der Waals surface area (Å²) in [5.41, 5.74) is 4.82. The lowest BCUT2D eigenvalue weighted by molar-refractivity contribution is -0.140. The molecule has 0 spiro atoms. The number of nitrogens with one attached hydrogen (secondary N) is 1. The van der Waals surface area contributed by atoms with Crippen molar-refractivity contribution in [1.29, 1.82) is 0 Å². The smallest absolute Gasteiger partial charge is 0.351 e. The summed E-state index contributed by atoms with van der Waals surface area (Å²) in [4.78, 5) is 2.23. The molecule has 5 heteroatoms. The van der Waals surface area contributed by atoms with Crippen molar-refractivity contribution >= 4 is 10.9 Å². The zero-order chi connectivity index (χ0) is 12.8. The number of halogens is 3. The van der Waals surface area contributed by atoms with Crippen LogP contribution in [0.3, 0.4) is 0 Å². The summed E-state index contributed by atoms with van der Waals surface area (Å²) in [7, 11) is 0. The third-order valence-electron chi connectivity index (χ3n) is 2.09. The zero-order valence-electron chi connectivity index (χ0n) is 9.52. The van der Waals surface area contributed by atoms with E-state index >= 15 is 0 Å². The van der Waals surface area contributed by atoms with Gasteiger partial charge in [0.15, 0.2) is 0 Å². The quantitative estimate of drug-likeness (QED) is 0.756. The van der Waals surface area contributed by atoms with Gasteiger partial charge in [-0.1, -0.05) is 6.07 Å². The molecule has 0 saturated carbocycles. The molecule has 1 aromatic carbocycles. The maximum absolute atomic E-state index is 12.4. The van der Waals surface area contributed by atoms with Gasteiger partial charge in [-0.05, 0) is 23.8 Å². The summed E-state index contributed by atoms with van der Waals surface area (Å²) in [6.45, 7) is -2.07. The predicted octanol–water partition coefficient (Wildman–Crippen LogP) is 2.65. The van der Waals surface area contributed by atoms with E-state index in [1.807, 2.05) is 0 Å². The molecule has 80 valence electrons. The summed E-state index contributed by atoms with van der Waals surface area (Å²) >= 11 is 0. The van der Waals surface area contributed by atoms with E-state index in [9.17, 15) is 13.2 Å². The first kappa shape index (κ1) is 7.76. The second-order valence-corrected chi connectivity index (χ2v) is 3.13. The highest BCUT2D eigenvalue weighted by Gasteiger charge is 2.32. The number of aromatic nitrogens is 1. The van der Waals surface area contributed by atoms with Crippen LogP contribution < -0.4 is 5.73 Å². The van der Waals surface area contributed by atoms with Crippen LogP contribution in [0.1, 0.15) is 14.0 Å². The second kappa shape index (κ2) is 3.27. The Morgan fingerprint density at radius 2 is 2.07 bits per heavy atom. The standard InChI is InChI=1S/C10H9F3N2/c11-10(12,13)9-4-7-3-6(5-14)1-2-8(7)15-9/h1-4,15H,5,14H2/i5D2. The van der Waals surface area contributed by atoms with Crippen molar-refractivity contribution in [3.8, 4) is 0 Å². The lowest BCUT2D eigenvalue weighted by atomic mass is 10.1. The SMILES string of the molecule is [2H]C([2H])(N)c1ccc2[nH]c(C(F)(F)F)cc2c1. The van der Waals surface area contributed by atoms with Crippen LogP contribution in [-0.4, -0.2) is 4.98 Å². The summed E-state index contributed by atoms with van der Waals surface area (Å²) < 4.78 is 51.9. The molecule has 0 aliphatic rings. The average molecular weight is 216 g/mol. The van der Waals surface area contributed by atoms with Gasteiger partial charge in [0, 0.05) is 20.1 Å². The number of hydrogen-bond donors (Lipinski definition) is 2. The molecule has 0 aliphatic heterocycles. The van der Waals surface area contributed by atoms with Crippen LogP contribution in [0.2, 0.25) is 0 Å². The summed E-state index contributed by atoms with van der Waals surface area (Å²) in [5.74, 6) is 0. The molecule has 0 radical (unpaired) electrons. The first-order valence-electron chi connectivity index (χ1n) is 5.17. The van der Waals surface area contributed by atoms with Crippen LogP contribution in [0.25, 0.3) is 10.9 Å². The molecule has 0 fully saturated rings. The van der Waals surface area contributed by atoms with E-state index in [1.165, 1.54) is 18.2 Å². The molecule has 2 aromatic rings. The first-order chi connectivity index (χ1) is 7.68. The van der Waals surface area contributed by atoms with Crippen LogP contribution in [0.5, 0.6) is 0 Å². The largest absolute Gasteiger partial charge is 0.431 e. The highest BCUT2D eigenvalue weighted by Crippen LogP contribution is 2.31. The number of fused-ring (bicyclic) bond motifs is 1. The van der Waals surface area contributed by atoms with E-state index in [0.29, 0.717) is 5.52 Å². The van der Waals surface area contributed by atoms with Crippen molar-refractivity contribution in [1.82, 2.24) is 4.98 Å². The minimum atomic E-state index is -4.44. The highest BCUT2D eigenvalue weighted by atomic mass is 19.4. The molecule has 0 amide bonds. The predicted molar refractivity (Wildman–Crippen MR) is 51.2 cm³/mol.